The number of aromatic nitrogens is 1. The van der Waals surface area contributed by atoms with Crippen LogP contribution in [0.4, 0.5) is 4.79 Å². The van der Waals surface area contributed by atoms with Crippen LogP contribution in [0.5, 0.6) is 0 Å². The van der Waals surface area contributed by atoms with Gasteiger partial charge in [-0.05, 0) is 6.92 Å². The number of ether oxygens (including phenoxy) is 2. The first-order chi connectivity index (χ1) is 13.1. The number of carbonyl (C=O) groups excluding carboxylic acids is 3. The van der Waals surface area contributed by atoms with Crippen molar-refractivity contribution >= 4 is 29.3 Å². The predicted octanol–water partition coefficient (Wildman–Crippen LogP) is 2.10. The van der Waals surface area contributed by atoms with Crippen LogP contribution in [-0.2, 0) is 14.3 Å². The monoisotopic (exact) mass is 387 g/mol. The molecule has 9 heteroatoms. The zero-order chi connectivity index (χ0) is 19.2. The summed E-state index contributed by atoms with van der Waals surface area (Å²) >= 11 is 1.33. The largest absolute Gasteiger partial charge is 0.463 e. The van der Waals surface area contributed by atoms with E-state index >= 15 is 0 Å². The number of benzene rings is 1. The molecule has 2 heterocycles. The molecule has 1 aromatic carbocycles. The molecule has 0 unspecified atom stereocenters. The van der Waals surface area contributed by atoms with Crippen LogP contribution < -0.4 is 10.6 Å². The number of nitrogens with zero attached hydrogens (tertiary/aromatic N) is 1. The second-order valence-electron chi connectivity index (χ2n) is 5.47. The molecule has 0 saturated carbocycles. The summed E-state index contributed by atoms with van der Waals surface area (Å²) < 4.78 is 10.2. The smallest absolute Gasteiger partial charge is 0.358 e. The molecule has 140 valence electrons. The molecule has 2 amide bonds. The number of nitrogens with one attached hydrogen (secondary N) is 2. The summed E-state index contributed by atoms with van der Waals surface area (Å²) in [6.07, 6.45) is 0. The second kappa shape index (κ2) is 8.45. The topological polar surface area (TPSA) is 107 Å². The van der Waals surface area contributed by atoms with E-state index in [1.807, 2.05) is 30.3 Å². The Morgan fingerprint density at radius 2 is 1.96 bits per heavy atom. The number of amides is 2. The van der Waals surface area contributed by atoms with Gasteiger partial charge in [0.05, 0.1) is 24.4 Å². The van der Waals surface area contributed by atoms with Crippen LogP contribution in [0, 0.1) is 0 Å². The third-order valence-electron chi connectivity index (χ3n) is 3.66. The molecule has 8 nitrogen and oxygen atoms in total. The second-order valence-corrected chi connectivity index (χ2v) is 6.32. The van der Waals surface area contributed by atoms with Crippen LogP contribution in [0.3, 0.4) is 0 Å². The molecule has 0 bridgehead atoms. The summed E-state index contributed by atoms with van der Waals surface area (Å²) in [5.41, 5.74) is 1.48. The quantitative estimate of drug-likeness (QED) is 0.735. The molecule has 2 N–H and O–H groups in total. The van der Waals surface area contributed by atoms with E-state index in [-0.39, 0.29) is 36.7 Å². The number of hydrogen-bond donors (Lipinski definition) is 2. The number of hydrogen-bond acceptors (Lipinski definition) is 7. The van der Waals surface area contributed by atoms with Gasteiger partial charge in [0.25, 0.3) is 0 Å². The fourth-order valence-corrected chi connectivity index (χ4v) is 3.16. The highest BCUT2D eigenvalue weighted by Gasteiger charge is 2.25. The van der Waals surface area contributed by atoms with Gasteiger partial charge < -0.3 is 20.1 Å². The number of rotatable bonds is 6. The first-order valence-corrected chi connectivity index (χ1v) is 9.08. The molecule has 1 aromatic heterocycles. The van der Waals surface area contributed by atoms with E-state index in [9.17, 15) is 14.4 Å². The molecule has 0 radical (unpaired) electrons. The van der Waals surface area contributed by atoms with Crippen LogP contribution in [0.15, 0.2) is 47.0 Å². The average Bonchev–Trinajstić information content (AvgIpc) is 3.17. The van der Waals surface area contributed by atoms with Gasteiger partial charge in [0, 0.05) is 10.9 Å². The lowest BCUT2D eigenvalue weighted by atomic mass is 10.2. The summed E-state index contributed by atoms with van der Waals surface area (Å²) in [5.74, 6) is -1.21. The molecule has 1 aliphatic heterocycles. The number of thiazole rings is 1. The minimum absolute atomic E-state index is 0.00636. The van der Waals surface area contributed by atoms with Gasteiger partial charge in [-0.3, -0.25) is 0 Å². The van der Waals surface area contributed by atoms with E-state index in [2.05, 4.69) is 15.6 Å². The van der Waals surface area contributed by atoms with Gasteiger partial charge in [-0.15, -0.1) is 11.3 Å². The van der Waals surface area contributed by atoms with Crippen LogP contribution in [0.2, 0.25) is 0 Å². The lowest BCUT2D eigenvalue weighted by Crippen LogP contribution is -2.45. The fourth-order valence-electron chi connectivity index (χ4n) is 2.36. The maximum atomic E-state index is 12.3. The molecule has 0 spiro atoms. The Balaban J connectivity index is 1.69. The number of urea groups is 1. The summed E-state index contributed by atoms with van der Waals surface area (Å²) in [4.78, 5) is 40.0. The Morgan fingerprint density at radius 3 is 2.70 bits per heavy atom. The fraction of sp³-hybridized carbons (Fsp3) is 0.222. The molecule has 1 aliphatic rings. The van der Waals surface area contributed by atoms with Crippen molar-refractivity contribution in [3.05, 3.63) is 52.7 Å². The molecule has 3 rings (SSSR count). The molecule has 0 atom stereocenters. The van der Waals surface area contributed by atoms with Gasteiger partial charge in [0.15, 0.2) is 5.69 Å². The zero-order valence-corrected chi connectivity index (χ0v) is 15.3. The lowest BCUT2D eigenvalue weighted by Gasteiger charge is -2.20. The summed E-state index contributed by atoms with van der Waals surface area (Å²) in [6, 6.07) is 8.99. The van der Waals surface area contributed by atoms with Crippen LogP contribution in [0.1, 0.15) is 17.4 Å². The van der Waals surface area contributed by atoms with Crippen molar-refractivity contribution in [2.75, 3.05) is 19.8 Å². The summed E-state index contributed by atoms with van der Waals surface area (Å²) in [5, 5.41) is 7.26. The van der Waals surface area contributed by atoms with Crippen LogP contribution >= 0.6 is 11.3 Å². The van der Waals surface area contributed by atoms with Crippen LogP contribution in [-0.4, -0.2) is 42.7 Å². The Labute approximate surface area is 159 Å². The van der Waals surface area contributed by atoms with Crippen molar-refractivity contribution in [3.8, 4) is 10.6 Å². The van der Waals surface area contributed by atoms with Gasteiger partial charge in [-0.25, -0.2) is 19.4 Å². The van der Waals surface area contributed by atoms with E-state index in [0.29, 0.717) is 5.01 Å². The van der Waals surface area contributed by atoms with E-state index in [0.717, 1.165) is 5.56 Å². The first kappa shape index (κ1) is 18.6. The van der Waals surface area contributed by atoms with Crippen molar-refractivity contribution in [2.24, 2.45) is 0 Å². The Hall–Kier alpha value is -3.20. The molecule has 0 saturated heterocycles. The zero-order valence-electron chi connectivity index (χ0n) is 14.5. The minimum atomic E-state index is -0.642. The van der Waals surface area contributed by atoms with Gasteiger partial charge >= 0.3 is 18.0 Å². The van der Waals surface area contributed by atoms with E-state index in [4.69, 9.17) is 9.47 Å². The lowest BCUT2D eigenvalue weighted by molar-refractivity contribution is -0.138. The molecule has 2 aromatic rings. The maximum absolute atomic E-state index is 12.3. The van der Waals surface area contributed by atoms with Crippen molar-refractivity contribution in [1.29, 1.82) is 0 Å². The standard InChI is InChI=1S/C18H17N3O5S/c1-2-25-16(22)12-8-19-18(24)21-13(12)9-26-17(23)14-10-27-15(20-14)11-6-4-3-5-7-11/h3-7,10H,2,8-9H2,1H3,(H2,19,21,24). The molecular weight excluding hydrogens is 370 g/mol. The van der Waals surface area contributed by atoms with Crippen LogP contribution in [0.25, 0.3) is 10.6 Å². The highest BCUT2D eigenvalue weighted by Crippen LogP contribution is 2.23. The van der Waals surface area contributed by atoms with Crippen molar-refractivity contribution in [3.63, 3.8) is 0 Å². The predicted molar refractivity (Wildman–Crippen MR) is 98.0 cm³/mol. The normalized spacial score (nSPS) is 13.6. The summed E-state index contributed by atoms with van der Waals surface area (Å²) in [7, 11) is 0. The Morgan fingerprint density at radius 1 is 1.19 bits per heavy atom. The van der Waals surface area contributed by atoms with Gasteiger partial charge in [-0.2, -0.15) is 0 Å². The summed E-state index contributed by atoms with van der Waals surface area (Å²) in [6.45, 7) is 1.62. The van der Waals surface area contributed by atoms with E-state index < -0.39 is 18.0 Å². The molecular formula is C18H17N3O5S. The molecule has 0 fully saturated rings. The number of carbonyl (C=O) groups is 3. The van der Waals surface area contributed by atoms with E-state index in [1.54, 1.807) is 12.3 Å². The Kier molecular flexibility index (Phi) is 5.82. The first-order valence-electron chi connectivity index (χ1n) is 8.20. The third-order valence-corrected chi connectivity index (χ3v) is 4.55. The van der Waals surface area contributed by atoms with Crippen molar-refractivity contribution in [2.45, 2.75) is 6.92 Å². The highest BCUT2D eigenvalue weighted by atomic mass is 32.1. The van der Waals surface area contributed by atoms with E-state index in [1.165, 1.54) is 11.3 Å². The molecule has 27 heavy (non-hydrogen) atoms. The number of esters is 2. The molecule has 0 aliphatic carbocycles. The highest BCUT2D eigenvalue weighted by molar-refractivity contribution is 7.13. The third kappa shape index (κ3) is 4.50. The maximum Gasteiger partial charge on any atom is 0.358 e. The minimum Gasteiger partial charge on any atom is -0.463 e. The Bertz CT molecular complexity index is 891. The van der Waals surface area contributed by atoms with Gasteiger partial charge in [0.1, 0.15) is 11.6 Å². The van der Waals surface area contributed by atoms with Crippen molar-refractivity contribution < 1.29 is 23.9 Å². The SMILES string of the molecule is CCOC(=O)C1=C(COC(=O)c2csc(-c3ccccc3)n2)NC(=O)NC1. The van der Waals surface area contributed by atoms with Gasteiger partial charge in [-0.1, -0.05) is 30.3 Å². The van der Waals surface area contributed by atoms with Gasteiger partial charge in [0.2, 0.25) is 0 Å². The van der Waals surface area contributed by atoms with Crippen molar-refractivity contribution in [1.82, 2.24) is 15.6 Å². The average molecular weight is 387 g/mol.